The predicted octanol–water partition coefficient (Wildman–Crippen LogP) is 2.42. The first-order valence-corrected chi connectivity index (χ1v) is 3.55. The van der Waals surface area contributed by atoms with Crippen molar-refractivity contribution in [2.24, 2.45) is 0 Å². The van der Waals surface area contributed by atoms with Crippen LogP contribution in [0.5, 0.6) is 5.75 Å². The largest absolute Gasteiger partial charge is 0.506 e. The van der Waals surface area contributed by atoms with E-state index in [1.54, 1.807) is 0 Å². The van der Waals surface area contributed by atoms with Crippen molar-refractivity contribution in [3.8, 4) is 5.75 Å². The van der Waals surface area contributed by atoms with Gasteiger partial charge in [-0.2, -0.15) is 0 Å². The summed E-state index contributed by atoms with van der Waals surface area (Å²) >= 11 is 10.6. The fraction of sp³-hybridized carbons (Fsp3) is 0. The van der Waals surface area contributed by atoms with Gasteiger partial charge in [-0.15, -0.1) is 0 Å². The number of rotatable bonds is 1. The number of hydrogen-bond acceptors (Lipinski definition) is 2. The molecule has 0 aliphatic carbocycles. The zero-order chi connectivity index (χ0) is 8.43. The maximum absolute atomic E-state index is 10.5. The van der Waals surface area contributed by atoms with Crippen molar-refractivity contribution in [1.29, 1.82) is 0 Å². The summed E-state index contributed by atoms with van der Waals surface area (Å²) in [5, 5.41) is 8.59. The highest BCUT2D eigenvalue weighted by Crippen LogP contribution is 2.24. The molecule has 0 atom stereocenters. The van der Waals surface area contributed by atoms with Gasteiger partial charge in [-0.1, -0.05) is 11.6 Å². The van der Waals surface area contributed by atoms with Crippen molar-refractivity contribution in [2.75, 3.05) is 0 Å². The first kappa shape index (κ1) is 8.37. The molecule has 0 amide bonds. The summed E-state index contributed by atoms with van der Waals surface area (Å²) in [6.07, 6.45) is 0. The van der Waals surface area contributed by atoms with Crippen LogP contribution in [0.1, 0.15) is 10.4 Å². The van der Waals surface area contributed by atoms with E-state index in [0.29, 0.717) is 0 Å². The van der Waals surface area contributed by atoms with Crippen LogP contribution in [0.4, 0.5) is 0 Å². The van der Waals surface area contributed by atoms with Gasteiger partial charge in [0.2, 0.25) is 0 Å². The Balaban J connectivity index is 3.15. The van der Waals surface area contributed by atoms with Gasteiger partial charge in [-0.3, -0.25) is 4.79 Å². The van der Waals surface area contributed by atoms with Crippen LogP contribution in [-0.2, 0) is 0 Å². The van der Waals surface area contributed by atoms with Gasteiger partial charge in [0.1, 0.15) is 5.75 Å². The fourth-order valence-electron chi connectivity index (χ4n) is 0.635. The van der Waals surface area contributed by atoms with E-state index >= 15 is 0 Å². The molecule has 1 N–H and O–H groups in total. The molecule has 4 heteroatoms. The summed E-state index contributed by atoms with van der Waals surface area (Å²) in [5.41, 5.74) is 0.230. The summed E-state index contributed by atoms with van der Waals surface area (Å²) in [6.45, 7) is 0. The second kappa shape index (κ2) is 3.11. The molecule has 0 saturated heterocycles. The normalized spacial score (nSPS) is 9.64. The van der Waals surface area contributed by atoms with Gasteiger partial charge in [0.15, 0.2) is 0 Å². The molecule has 1 aromatic rings. The monoisotopic (exact) mass is 190 g/mol. The third-order valence-electron chi connectivity index (χ3n) is 1.17. The molecule has 11 heavy (non-hydrogen) atoms. The second-order valence-electron chi connectivity index (χ2n) is 1.94. The average Bonchev–Trinajstić information content (AvgIpc) is 1.94. The van der Waals surface area contributed by atoms with Crippen molar-refractivity contribution in [3.05, 3.63) is 28.8 Å². The Labute approximate surface area is 73.4 Å². The lowest BCUT2D eigenvalue weighted by molar-refractivity contribution is 0.108. The molecule has 0 aromatic heterocycles. The minimum Gasteiger partial charge on any atom is -0.506 e. The Morgan fingerprint density at radius 2 is 2.09 bits per heavy atom. The molecule has 1 rings (SSSR count). The van der Waals surface area contributed by atoms with Crippen LogP contribution < -0.4 is 0 Å². The van der Waals surface area contributed by atoms with Gasteiger partial charge >= 0.3 is 0 Å². The smallest absolute Gasteiger partial charge is 0.252 e. The van der Waals surface area contributed by atoms with Crippen LogP contribution in [0.2, 0.25) is 5.02 Å². The molecule has 2 nitrogen and oxygen atoms in total. The molecule has 0 unspecified atom stereocenters. The number of carbonyl (C=O) groups excluding carboxylic acids is 1. The average molecular weight is 191 g/mol. The Hall–Kier alpha value is -0.730. The standard InChI is InChI=1S/C7H4Cl2O2/c8-5-2-1-4(7(9)11)3-6(5)10/h1-3,10H. The number of halogens is 2. The molecular formula is C7H4Cl2O2. The van der Waals surface area contributed by atoms with E-state index in [-0.39, 0.29) is 16.3 Å². The van der Waals surface area contributed by atoms with E-state index in [9.17, 15) is 4.79 Å². The third-order valence-corrected chi connectivity index (χ3v) is 1.71. The highest BCUT2D eigenvalue weighted by molar-refractivity contribution is 6.67. The Morgan fingerprint density at radius 3 is 2.55 bits per heavy atom. The topological polar surface area (TPSA) is 37.3 Å². The highest BCUT2D eigenvalue weighted by atomic mass is 35.5. The molecular weight excluding hydrogens is 187 g/mol. The first-order valence-electron chi connectivity index (χ1n) is 2.79. The summed E-state index contributed by atoms with van der Waals surface area (Å²) in [4.78, 5) is 10.5. The Bertz CT molecular complexity index is 296. The van der Waals surface area contributed by atoms with Crippen molar-refractivity contribution < 1.29 is 9.90 Å². The number of hydrogen-bond donors (Lipinski definition) is 1. The molecule has 0 heterocycles. The van der Waals surface area contributed by atoms with E-state index in [1.807, 2.05) is 0 Å². The van der Waals surface area contributed by atoms with E-state index in [4.69, 9.17) is 28.3 Å². The summed E-state index contributed by atoms with van der Waals surface area (Å²) in [7, 11) is 0. The minimum absolute atomic E-state index is 0.141. The molecule has 0 aliphatic heterocycles. The lowest BCUT2D eigenvalue weighted by Crippen LogP contribution is -1.86. The number of aromatic hydroxyl groups is 1. The molecule has 0 radical (unpaired) electrons. The molecule has 1 aromatic carbocycles. The van der Waals surface area contributed by atoms with Gasteiger partial charge in [-0.05, 0) is 29.8 Å². The van der Waals surface area contributed by atoms with Crippen LogP contribution in [0.15, 0.2) is 18.2 Å². The number of phenolic OH excluding ortho intramolecular Hbond substituents is 1. The third kappa shape index (κ3) is 1.85. The molecule has 0 bridgehead atoms. The maximum Gasteiger partial charge on any atom is 0.252 e. The molecule has 58 valence electrons. The van der Waals surface area contributed by atoms with Crippen LogP contribution >= 0.6 is 23.2 Å². The maximum atomic E-state index is 10.5. The molecule has 0 aliphatic rings. The quantitative estimate of drug-likeness (QED) is 0.692. The van der Waals surface area contributed by atoms with Crippen molar-refractivity contribution in [2.45, 2.75) is 0 Å². The van der Waals surface area contributed by atoms with Gasteiger partial charge in [0, 0.05) is 5.56 Å². The van der Waals surface area contributed by atoms with Crippen LogP contribution in [0.3, 0.4) is 0 Å². The molecule has 0 saturated carbocycles. The van der Waals surface area contributed by atoms with E-state index in [1.165, 1.54) is 18.2 Å². The van der Waals surface area contributed by atoms with Crippen LogP contribution in [-0.4, -0.2) is 10.3 Å². The summed E-state index contributed by atoms with van der Waals surface area (Å²) in [6, 6.07) is 4.07. The van der Waals surface area contributed by atoms with Gasteiger partial charge in [-0.25, -0.2) is 0 Å². The van der Waals surface area contributed by atoms with Crippen LogP contribution in [0, 0.1) is 0 Å². The molecule has 0 fully saturated rings. The van der Waals surface area contributed by atoms with E-state index < -0.39 is 5.24 Å². The van der Waals surface area contributed by atoms with Crippen molar-refractivity contribution in [1.82, 2.24) is 0 Å². The predicted molar refractivity (Wildman–Crippen MR) is 43.3 cm³/mol. The van der Waals surface area contributed by atoms with Gasteiger partial charge in [0.05, 0.1) is 5.02 Å². The summed E-state index contributed by atoms with van der Waals surface area (Å²) < 4.78 is 0. The number of benzene rings is 1. The zero-order valence-electron chi connectivity index (χ0n) is 5.34. The van der Waals surface area contributed by atoms with E-state index in [2.05, 4.69) is 0 Å². The van der Waals surface area contributed by atoms with Crippen molar-refractivity contribution >= 4 is 28.4 Å². The SMILES string of the molecule is O=C(Cl)c1ccc(Cl)c(O)c1. The van der Waals surface area contributed by atoms with Crippen LogP contribution in [0.25, 0.3) is 0 Å². The Morgan fingerprint density at radius 1 is 1.45 bits per heavy atom. The van der Waals surface area contributed by atoms with E-state index in [0.717, 1.165) is 0 Å². The lowest BCUT2D eigenvalue weighted by Gasteiger charge is -1.96. The summed E-state index contributed by atoms with van der Waals surface area (Å²) in [5.74, 6) is -0.141. The highest BCUT2D eigenvalue weighted by Gasteiger charge is 2.04. The van der Waals surface area contributed by atoms with Crippen molar-refractivity contribution in [3.63, 3.8) is 0 Å². The Kier molecular flexibility index (Phi) is 2.37. The van der Waals surface area contributed by atoms with Gasteiger partial charge in [0.25, 0.3) is 5.24 Å². The van der Waals surface area contributed by atoms with Gasteiger partial charge < -0.3 is 5.11 Å². The molecule has 0 spiro atoms. The number of phenols is 1. The minimum atomic E-state index is -0.614. The lowest BCUT2D eigenvalue weighted by atomic mass is 10.2. The number of carbonyl (C=O) groups is 1. The first-order chi connectivity index (χ1) is 5.11. The zero-order valence-corrected chi connectivity index (χ0v) is 6.86. The fourth-order valence-corrected chi connectivity index (χ4v) is 0.870. The second-order valence-corrected chi connectivity index (χ2v) is 2.69.